The van der Waals surface area contributed by atoms with Crippen molar-refractivity contribution in [3.63, 3.8) is 0 Å². The Morgan fingerprint density at radius 1 is 1.38 bits per heavy atom. The molecule has 1 aromatic heterocycles. The van der Waals surface area contributed by atoms with Gasteiger partial charge in [-0.1, -0.05) is 18.2 Å². The first kappa shape index (κ1) is 14.1. The van der Waals surface area contributed by atoms with E-state index in [2.05, 4.69) is 5.32 Å². The number of hydrogen-bond acceptors (Lipinski definition) is 4. The van der Waals surface area contributed by atoms with Crippen LogP contribution in [0.1, 0.15) is 29.0 Å². The Morgan fingerprint density at radius 2 is 2.19 bits per heavy atom. The number of nitrogens with one attached hydrogen (secondary N) is 1. The van der Waals surface area contributed by atoms with E-state index in [-0.39, 0.29) is 5.56 Å². The Bertz CT molecular complexity index is 630. The molecule has 1 heterocycles. The van der Waals surface area contributed by atoms with Gasteiger partial charge in [0.2, 0.25) is 0 Å². The van der Waals surface area contributed by atoms with Crippen LogP contribution in [-0.2, 0) is 11.3 Å². The number of fused-ring (bicyclic) bond motifs is 1. The number of hydrogen-bond donors (Lipinski definition) is 2. The van der Waals surface area contributed by atoms with E-state index < -0.39 is 5.97 Å². The summed E-state index contributed by atoms with van der Waals surface area (Å²) in [4.78, 5) is 11.4. The lowest BCUT2D eigenvalue weighted by Gasteiger charge is -2.04. The zero-order chi connectivity index (χ0) is 14.7. The van der Waals surface area contributed by atoms with Crippen molar-refractivity contribution < 1.29 is 19.1 Å². The van der Waals surface area contributed by atoms with Crippen LogP contribution in [0.3, 0.4) is 0 Å². The van der Waals surface area contributed by atoms with E-state index in [0.717, 1.165) is 12.5 Å². The highest BCUT2D eigenvalue weighted by Crippen LogP contribution is 2.28. The molecule has 2 aromatic rings. The molecule has 5 heteroatoms. The molecule has 1 fully saturated rings. The fraction of sp³-hybridized carbons (Fsp3) is 0.438. The van der Waals surface area contributed by atoms with Gasteiger partial charge in [-0.25, -0.2) is 4.79 Å². The molecular formula is C16H19NO4. The van der Waals surface area contributed by atoms with Crippen LogP contribution in [0.5, 0.6) is 0 Å². The molecule has 0 radical (unpaired) electrons. The minimum atomic E-state index is -0.957. The molecule has 5 nitrogen and oxygen atoms in total. The average Bonchev–Trinajstić information content (AvgIpc) is 3.21. The molecule has 0 atom stereocenters. The number of rotatable bonds is 8. The topological polar surface area (TPSA) is 71.7 Å². The lowest BCUT2D eigenvalue weighted by atomic mass is 10.1. The normalized spacial score (nSPS) is 14.7. The molecule has 1 aliphatic rings. The third-order valence-corrected chi connectivity index (χ3v) is 3.64. The number of aromatic carboxylic acids is 1. The van der Waals surface area contributed by atoms with Crippen molar-refractivity contribution in [2.45, 2.75) is 19.4 Å². The van der Waals surface area contributed by atoms with E-state index in [1.165, 1.54) is 12.8 Å². The Kier molecular flexibility index (Phi) is 4.22. The van der Waals surface area contributed by atoms with Crippen molar-refractivity contribution in [1.29, 1.82) is 0 Å². The third-order valence-electron chi connectivity index (χ3n) is 3.64. The van der Waals surface area contributed by atoms with E-state index in [0.29, 0.717) is 36.4 Å². The van der Waals surface area contributed by atoms with Gasteiger partial charge in [0.1, 0.15) is 16.9 Å². The summed E-state index contributed by atoms with van der Waals surface area (Å²) in [5, 5.41) is 13.2. The van der Waals surface area contributed by atoms with Crippen molar-refractivity contribution in [3.05, 3.63) is 35.6 Å². The van der Waals surface area contributed by atoms with Gasteiger partial charge in [-0.3, -0.25) is 0 Å². The number of carbonyl (C=O) groups is 1. The SMILES string of the molecule is O=C(O)c1c(CNCCOCC2CC2)oc2ccccc12. The molecule has 1 aliphatic carbocycles. The van der Waals surface area contributed by atoms with E-state index >= 15 is 0 Å². The molecule has 1 aromatic carbocycles. The Morgan fingerprint density at radius 3 is 2.95 bits per heavy atom. The molecule has 1 saturated carbocycles. The summed E-state index contributed by atoms with van der Waals surface area (Å²) >= 11 is 0. The van der Waals surface area contributed by atoms with Gasteiger partial charge in [-0.15, -0.1) is 0 Å². The Hall–Kier alpha value is -1.85. The van der Waals surface area contributed by atoms with Crippen LogP contribution in [-0.4, -0.2) is 30.8 Å². The molecule has 0 amide bonds. The van der Waals surface area contributed by atoms with Gasteiger partial charge in [0, 0.05) is 18.5 Å². The maximum Gasteiger partial charge on any atom is 0.339 e. The van der Waals surface area contributed by atoms with Crippen LogP contribution in [0.2, 0.25) is 0 Å². The fourth-order valence-electron chi connectivity index (χ4n) is 2.34. The van der Waals surface area contributed by atoms with E-state index in [1.54, 1.807) is 12.1 Å². The van der Waals surface area contributed by atoms with Gasteiger partial charge in [0.25, 0.3) is 0 Å². The van der Waals surface area contributed by atoms with Crippen molar-refractivity contribution in [3.8, 4) is 0 Å². The minimum Gasteiger partial charge on any atom is -0.478 e. The molecule has 3 rings (SSSR count). The maximum atomic E-state index is 11.4. The lowest BCUT2D eigenvalue weighted by molar-refractivity contribution is 0.0696. The molecule has 0 spiro atoms. The number of carboxylic acids is 1. The molecule has 0 aliphatic heterocycles. The summed E-state index contributed by atoms with van der Waals surface area (Å²) < 4.78 is 11.2. The van der Waals surface area contributed by atoms with Crippen LogP contribution in [0.15, 0.2) is 28.7 Å². The van der Waals surface area contributed by atoms with Crippen LogP contribution < -0.4 is 5.32 Å². The second-order valence-electron chi connectivity index (χ2n) is 5.40. The Balaban J connectivity index is 1.57. The number of carboxylic acid groups (broad SMARTS) is 1. The van der Waals surface area contributed by atoms with Gasteiger partial charge in [-0.2, -0.15) is 0 Å². The van der Waals surface area contributed by atoms with Gasteiger partial charge >= 0.3 is 5.97 Å². The van der Waals surface area contributed by atoms with Crippen molar-refractivity contribution in [2.75, 3.05) is 19.8 Å². The fourth-order valence-corrected chi connectivity index (χ4v) is 2.34. The second-order valence-corrected chi connectivity index (χ2v) is 5.40. The number of furan rings is 1. The standard InChI is InChI=1S/C16H19NO4/c18-16(19)15-12-3-1-2-4-13(12)21-14(15)9-17-7-8-20-10-11-5-6-11/h1-4,11,17H,5-10H2,(H,18,19). The molecule has 0 saturated heterocycles. The number of benzene rings is 1. The molecule has 2 N–H and O–H groups in total. The smallest absolute Gasteiger partial charge is 0.339 e. The average molecular weight is 289 g/mol. The summed E-state index contributed by atoms with van der Waals surface area (Å²) in [5.74, 6) is 0.270. The second kappa shape index (κ2) is 6.28. The van der Waals surface area contributed by atoms with Gasteiger partial charge < -0.3 is 19.6 Å². The summed E-state index contributed by atoms with van der Waals surface area (Å²) in [6.45, 7) is 2.55. The first-order valence-electron chi connectivity index (χ1n) is 7.28. The third kappa shape index (κ3) is 3.43. The van der Waals surface area contributed by atoms with Gasteiger partial charge in [0.05, 0.1) is 13.2 Å². The zero-order valence-corrected chi connectivity index (χ0v) is 11.8. The molecule has 21 heavy (non-hydrogen) atoms. The highest BCUT2D eigenvalue weighted by atomic mass is 16.5. The molecule has 0 bridgehead atoms. The molecule has 0 unspecified atom stereocenters. The largest absolute Gasteiger partial charge is 0.478 e. The zero-order valence-electron chi connectivity index (χ0n) is 11.8. The molecule has 112 valence electrons. The van der Waals surface area contributed by atoms with E-state index in [9.17, 15) is 9.90 Å². The summed E-state index contributed by atoms with van der Waals surface area (Å²) in [7, 11) is 0. The predicted molar refractivity (Wildman–Crippen MR) is 78.4 cm³/mol. The van der Waals surface area contributed by atoms with E-state index in [1.807, 2.05) is 12.1 Å². The van der Waals surface area contributed by atoms with Crippen LogP contribution in [0.25, 0.3) is 11.0 Å². The summed E-state index contributed by atoms with van der Waals surface area (Å²) in [5.41, 5.74) is 0.855. The first-order chi connectivity index (χ1) is 10.3. The summed E-state index contributed by atoms with van der Waals surface area (Å²) in [6, 6.07) is 7.20. The van der Waals surface area contributed by atoms with Crippen LogP contribution in [0, 0.1) is 5.92 Å². The number of para-hydroxylation sites is 1. The van der Waals surface area contributed by atoms with Crippen molar-refractivity contribution >= 4 is 16.9 Å². The minimum absolute atomic E-state index is 0.247. The van der Waals surface area contributed by atoms with Gasteiger partial charge in [-0.05, 0) is 24.8 Å². The number of ether oxygens (including phenoxy) is 1. The van der Waals surface area contributed by atoms with Crippen molar-refractivity contribution in [1.82, 2.24) is 5.32 Å². The molecular weight excluding hydrogens is 270 g/mol. The summed E-state index contributed by atoms with van der Waals surface area (Å²) in [6.07, 6.45) is 2.57. The maximum absolute atomic E-state index is 11.4. The van der Waals surface area contributed by atoms with Crippen LogP contribution >= 0.6 is 0 Å². The predicted octanol–water partition coefficient (Wildman–Crippen LogP) is 2.65. The van der Waals surface area contributed by atoms with E-state index in [4.69, 9.17) is 9.15 Å². The lowest BCUT2D eigenvalue weighted by Crippen LogP contribution is -2.20. The highest BCUT2D eigenvalue weighted by molar-refractivity contribution is 6.03. The quantitative estimate of drug-likeness (QED) is 0.731. The monoisotopic (exact) mass is 289 g/mol. The Labute approximate surface area is 122 Å². The highest BCUT2D eigenvalue weighted by Gasteiger charge is 2.21. The van der Waals surface area contributed by atoms with Crippen molar-refractivity contribution in [2.24, 2.45) is 5.92 Å². The van der Waals surface area contributed by atoms with Crippen LogP contribution in [0.4, 0.5) is 0 Å². The first-order valence-corrected chi connectivity index (χ1v) is 7.28. The van der Waals surface area contributed by atoms with Gasteiger partial charge in [0.15, 0.2) is 0 Å².